The molecule has 1 heterocycles. The molecule has 31 heavy (non-hydrogen) atoms. The van der Waals surface area contributed by atoms with E-state index in [1.54, 1.807) is 35.9 Å². The number of carboxylic acid groups (broad SMARTS) is 1. The maximum atomic E-state index is 15.3. The Labute approximate surface area is 188 Å². The lowest BCUT2D eigenvalue weighted by Gasteiger charge is -2.41. The molecule has 4 nitrogen and oxygen atoms in total. The first-order chi connectivity index (χ1) is 14.7. The smallest absolute Gasteiger partial charge is 0.356 e. The van der Waals surface area contributed by atoms with Gasteiger partial charge in [-0.25, -0.2) is 18.6 Å². The molecule has 3 aromatic rings. The number of halogens is 4. The van der Waals surface area contributed by atoms with Gasteiger partial charge in [0.05, 0.1) is 15.5 Å². The lowest BCUT2D eigenvalue weighted by Crippen LogP contribution is -2.37. The lowest BCUT2D eigenvalue weighted by molar-refractivity contribution is 0.0690. The fourth-order valence-electron chi connectivity index (χ4n) is 4.78. The van der Waals surface area contributed by atoms with Crippen LogP contribution >= 0.6 is 23.2 Å². The largest absolute Gasteiger partial charge is 0.476 e. The van der Waals surface area contributed by atoms with Crippen molar-refractivity contribution >= 4 is 29.2 Å². The van der Waals surface area contributed by atoms with Crippen LogP contribution in [0.15, 0.2) is 42.6 Å². The quantitative estimate of drug-likeness (QED) is 0.489. The van der Waals surface area contributed by atoms with Crippen LogP contribution in [0.25, 0.3) is 0 Å². The third-order valence-corrected chi connectivity index (χ3v) is 6.74. The van der Waals surface area contributed by atoms with Gasteiger partial charge in [-0.1, -0.05) is 47.8 Å². The van der Waals surface area contributed by atoms with Crippen LogP contribution in [0.5, 0.6) is 0 Å². The standard InChI is InChI=1S/C23H20Cl2F2N2O2/c1-29-12-19(21(30)31)28-22(29)23(15-5-2-6-16(24)20(15)27)9-3-4-14(11-23)13-7-8-18(26)17(25)10-13/h2,5-8,10,12,14H,3-4,9,11H2,1H3,(H,30,31). The molecular formula is C23H20Cl2F2N2O2. The first-order valence-electron chi connectivity index (χ1n) is 9.89. The summed E-state index contributed by atoms with van der Waals surface area (Å²) >= 11 is 12.1. The number of hydrogen-bond acceptors (Lipinski definition) is 2. The Kier molecular flexibility index (Phi) is 5.79. The molecule has 1 aromatic heterocycles. The highest BCUT2D eigenvalue weighted by Gasteiger charge is 2.45. The number of hydrogen-bond donors (Lipinski definition) is 1. The number of rotatable bonds is 4. The fraction of sp³-hybridized carbons (Fsp3) is 0.304. The predicted octanol–water partition coefficient (Wildman–Crippen LogP) is 6.35. The molecule has 0 spiro atoms. The van der Waals surface area contributed by atoms with Gasteiger partial charge >= 0.3 is 5.97 Å². The molecule has 0 saturated heterocycles. The van der Waals surface area contributed by atoms with Crippen molar-refractivity contribution in [3.05, 3.63) is 86.9 Å². The number of imidazole rings is 1. The Hall–Kier alpha value is -2.44. The Morgan fingerprint density at radius 2 is 2.00 bits per heavy atom. The summed E-state index contributed by atoms with van der Waals surface area (Å²) in [4.78, 5) is 15.9. The van der Waals surface area contributed by atoms with Gasteiger partial charge < -0.3 is 9.67 Å². The van der Waals surface area contributed by atoms with Gasteiger partial charge in [-0.15, -0.1) is 0 Å². The Balaban J connectivity index is 1.89. The van der Waals surface area contributed by atoms with E-state index in [0.717, 1.165) is 18.4 Å². The zero-order valence-electron chi connectivity index (χ0n) is 16.7. The highest BCUT2D eigenvalue weighted by Crippen LogP contribution is 2.50. The number of aromatic nitrogens is 2. The van der Waals surface area contributed by atoms with Crippen molar-refractivity contribution in [3.63, 3.8) is 0 Å². The van der Waals surface area contributed by atoms with E-state index in [-0.39, 0.29) is 21.7 Å². The van der Waals surface area contributed by atoms with Crippen LogP contribution in [0.1, 0.15) is 59.0 Å². The third kappa shape index (κ3) is 3.83. The molecule has 1 N–H and O–H groups in total. The van der Waals surface area contributed by atoms with Gasteiger partial charge in [0.15, 0.2) is 5.69 Å². The average Bonchev–Trinajstić information content (AvgIpc) is 3.15. The summed E-state index contributed by atoms with van der Waals surface area (Å²) in [5.74, 6) is -1.77. The second-order valence-electron chi connectivity index (χ2n) is 8.02. The summed E-state index contributed by atoms with van der Waals surface area (Å²) in [6.07, 6.45) is 4.00. The van der Waals surface area contributed by atoms with Crippen molar-refractivity contribution in [2.24, 2.45) is 7.05 Å². The van der Waals surface area contributed by atoms with E-state index in [1.165, 1.54) is 18.3 Å². The molecule has 0 radical (unpaired) electrons. The van der Waals surface area contributed by atoms with Crippen molar-refractivity contribution in [2.75, 3.05) is 0 Å². The summed E-state index contributed by atoms with van der Waals surface area (Å²) in [5.41, 5.74) is 0.224. The first-order valence-corrected chi connectivity index (χ1v) is 10.6. The van der Waals surface area contributed by atoms with Crippen LogP contribution in [0.2, 0.25) is 10.0 Å². The van der Waals surface area contributed by atoms with Crippen molar-refractivity contribution in [2.45, 2.75) is 37.0 Å². The molecular weight excluding hydrogens is 445 g/mol. The van der Waals surface area contributed by atoms with E-state index in [2.05, 4.69) is 4.98 Å². The Morgan fingerprint density at radius 1 is 1.23 bits per heavy atom. The lowest BCUT2D eigenvalue weighted by atomic mass is 9.63. The van der Waals surface area contributed by atoms with Crippen molar-refractivity contribution in [1.29, 1.82) is 0 Å². The summed E-state index contributed by atoms with van der Waals surface area (Å²) in [5, 5.41) is 9.47. The van der Waals surface area contributed by atoms with Crippen LogP contribution in [0.3, 0.4) is 0 Å². The number of nitrogens with zero attached hydrogens (tertiary/aromatic N) is 2. The molecule has 0 aliphatic heterocycles. The van der Waals surface area contributed by atoms with Crippen LogP contribution in [0, 0.1) is 11.6 Å². The predicted molar refractivity (Wildman–Crippen MR) is 115 cm³/mol. The van der Waals surface area contributed by atoms with Crippen LogP contribution in [-0.2, 0) is 12.5 Å². The minimum absolute atomic E-state index is 0.00325. The van der Waals surface area contributed by atoms with Gasteiger partial charge in [0.25, 0.3) is 0 Å². The van der Waals surface area contributed by atoms with E-state index >= 15 is 4.39 Å². The van der Waals surface area contributed by atoms with Crippen molar-refractivity contribution in [3.8, 4) is 0 Å². The molecule has 1 aliphatic carbocycles. The zero-order valence-corrected chi connectivity index (χ0v) is 18.2. The molecule has 2 unspecified atom stereocenters. The highest BCUT2D eigenvalue weighted by molar-refractivity contribution is 6.31. The first kappa shape index (κ1) is 21.8. The van der Waals surface area contributed by atoms with Crippen LogP contribution in [0.4, 0.5) is 8.78 Å². The third-order valence-electron chi connectivity index (χ3n) is 6.16. The SMILES string of the molecule is Cn1cc(C(=O)O)nc1C1(c2cccc(Cl)c2F)CCCC(c2ccc(F)c(Cl)c2)C1. The Morgan fingerprint density at radius 3 is 2.68 bits per heavy atom. The van der Waals surface area contributed by atoms with Crippen LogP contribution < -0.4 is 0 Å². The summed E-state index contributed by atoms with van der Waals surface area (Å²) < 4.78 is 30.7. The second-order valence-corrected chi connectivity index (χ2v) is 8.83. The van der Waals surface area contributed by atoms with Gasteiger partial charge in [0.2, 0.25) is 0 Å². The van der Waals surface area contributed by atoms with Gasteiger partial charge in [0, 0.05) is 18.8 Å². The minimum atomic E-state index is -1.15. The molecule has 162 valence electrons. The molecule has 1 fully saturated rings. The molecule has 4 rings (SSSR count). The molecule has 2 atom stereocenters. The van der Waals surface area contributed by atoms with E-state index in [0.29, 0.717) is 24.2 Å². The molecule has 8 heteroatoms. The molecule has 1 aliphatic rings. The summed E-state index contributed by atoms with van der Waals surface area (Å²) in [6, 6.07) is 9.47. The number of aryl methyl sites for hydroxylation is 1. The number of carboxylic acids is 1. The molecule has 0 bridgehead atoms. The second kappa shape index (κ2) is 8.24. The molecule has 1 saturated carbocycles. The molecule has 0 amide bonds. The average molecular weight is 465 g/mol. The summed E-state index contributed by atoms with van der Waals surface area (Å²) in [7, 11) is 1.71. The van der Waals surface area contributed by atoms with E-state index in [9.17, 15) is 14.3 Å². The summed E-state index contributed by atoms with van der Waals surface area (Å²) in [6.45, 7) is 0. The van der Waals surface area contributed by atoms with Crippen molar-refractivity contribution < 1.29 is 18.7 Å². The van der Waals surface area contributed by atoms with E-state index in [1.807, 2.05) is 0 Å². The number of carbonyl (C=O) groups is 1. The monoisotopic (exact) mass is 464 g/mol. The van der Waals surface area contributed by atoms with E-state index < -0.39 is 23.0 Å². The molecule has 2 aromatic carbocycles. The highest BCUT2D eigenvalue weighted by atomic mass is 35.5. The van der Waals surface area contributed by atoms with Gasteiger partial charge in [-0.2, -0.15) is 0 Å². The Bertz CT molecular complexity index is 1160. The number of benzene rings is 2. The van der Waals surface area contributed by atoms with Gasteiger partial charge in [-0.05, 0) is 48.9 Å². The topological polar surface area (TPSA) is 55.1 Å². The minimum Gasteiger partial charge on any atom is -0.476 e. The van der Waals surface area contributed by atoms with Gasteiger partial charge in [-0.3, -0.25) is 0 Å². The normalized spacial score (nSPS) is 21.3. The van der Waals surface area contributed by atoms with E-state index in [4.69, 9.17) is 23.2 Å². The fourth-order valence-corrected chi connectivity index (χ4v) is 5.14. The van der Waals surface area contributed by atoms with Crippen LogP contribution in [-0.4, -0.2) is 20.6 Å². The number of aromatic carboxylic acids is 1. The maximum absolute atomic E-state index is 15.3. The van der Waals surface area contributed by atoms with Crippen molar-refractivity contribution in [1.82, 2.24) is 9.55 Å². The maximum Gasteiger partial charge on any atom is 0.356 e. The van der Waals surface area contributed by atoms with Gasteiger partial charge in [0.1, 0.15) is 17.5 Å². The zero-order chi connectivity index (χ0) is 22.3.